The normalized spacial score (nSPS) is 10.8. The zero-order valence-corrected chi connectivity index (χ0v) is 14.9. The van der Waals surface area contributed by atoms with Crippen LogP contribution < -0.4 is 10.0 Å². The van der Waals surface area contributed by atoms with Crippen molar-refractivity contribution in [2.45, 2.75) is 4.90 Å². The van der Waals surface area contributed by atoms with Crippen LogP contribution in [0.3, 0.4) is 0 Å². The average molecular weight is 385 g/mol. The van der Waals surface area contributed by atoms with Gasteiger partial charge in [-0.05, 0) is 54.6 Å². The lowest BCUT2D eigenvalue weighted by atomic mass is 10.2. The van der Waals surface area contributed by atoms with Gasteiger partial charge < -0.3 is 5.32 Å². The van der Waals surface area contributed by atoms with E-state index in [0.717, 1.165) is 5.69 Å². The van der Waals surface area contributed by atoms with Crippen molar-refractivity contribution in [3.8, 4) is 6.07 Å². The van der Waals surface area contributed by atoms with E-state index >= 15 is 0 Å². The first-order chi connectivity index (χ1) is 12.5. The summed E-state index contributed by atoms with van der Waals surface area (Å²) in [5.41, 5.74) is 1.66. The number of halogens is 1. The first-order valence-corrected chi connectivity index (χ1v) is 9.34. The van der Waals surface area contributed by atoms with Gasteiger partial charge in [-0.15, -0.1) is 0 Å². The maximum atomic E-state index is 12.4. The number of pyridine rings is 1. The molecule has 0 aliphatic carbocycles. The van der Waals surface area contributed by atoms with Gasteiger partial charge in [0.05, 0.1) is 28.4 Å². The van der Waals surface area contributed by atoms with E-state index in [0.29, 0.717) is 22.1 Å². The zero-order valence-electron chi connectivity index (χ0n) is 13.3. The number of nitriles is 1. The number of anilines is 3. The highest BCUT2D eigenvalue weighted by Gasteiger charge is 2.14. The van der Waals surface area contributed by atoms with E-state index in [2.05, 4.69) is 15.0 Å². The number of hydrogen-bond acceptors (Lipinski definition) is 5. The highest BCUT2D eigenvalue weighted by atomic mass is 35.5. The topological polar surface area (TPSA) is 94.9 Å². The first kappa shape index (κ1) is 17.7. The molecule has 3 aromatic rings. The Kier molecular flexibility index (Phi) is 5.07. The number of nitrogens with zero attached hydrogens (tertiary/aromatic N) is 2. The number of benzene rings is 2. The fourth-order valence-corrected chi connectivity index (χ4v) is 3.50. The number of sulfonamides is 1. The van der Waals surface area contributed by atoms with Crippen LogP contribution in [0.5, 0.6) is 0 Å². The summed E-state index contributed by atoms with van der Waals surface area (Å²) in [6.45, 7) is 0. The van der Waals surface area contributed by atoms with Crippen LogP contribution in [0.15, 0.2) is 71.8 Å². The van der Waals surface area contributed by atoms with Gasteiger partial charge in [0, 0.05) is 10.7 Å². The highest BCUT2D eigenvalue weighted by molar-refractivity contribution is 7.92. The van der Waals surface area contributed by atoms with Crippen molar-refractivity contribution >= 4 is 38.8 Å². The zero-order chi connectivity index (χ0) is 18.6. The summed E-state index contributed by atoms with van der Waals surface area (Å²) in [7, 11) is -3.74. The Balaban J connectivity index is 1.72. The van der Waals surface area contributed by atoms with Crippen molar-refractivity contribution in [1.82, 2.24) is 4.98 Å². The first-order valence-electron chi connectivity index (χ1n) is 7.48. The standard InChI is InChI=1S/C18H13ClN4O2S/c19-14-2-1-3-17(10-14)26(24,25)23-16-8-9-18(21-12-16)22-15-6-4-13(11-20)5-7-15/h1-10,12,23H,(H,21,22). The molecule has 1 aromatic heterocycles. The number of hydrogen-bond donors (Lipinski definition) is 2. The molecule has 0 saturated heterocycles. The van der Waals surface area contributed by atoms with Gasteiger partial charge in [0.1, 0.15) is 5.82 Å². The van der Waals surface area contributed by atoms with E-state index in [1.807, 2.05) is 6.07 Å². The van der Waals surface area contributed by atoms with E-state index in [1.54, 1.807) is 48.5 Å². The minimum Gasteiger partial charge on any atom is -0.340 e. The molecule has 26 heavy (non-hydrogen) atoms. The Morgan fingerprint density at radius 3 is 2.35 bits per heavy atom. The van der Waals surface area contributed by atoms with Gasteiger partial charge in [-0.3, -0.25) is 4.72 Å². The van der Waals surface area contributed by atoms with E-state index < -0.39 is 10.0 Å². The van der Waals surface area contributed by atoms with Gasteiger partial charge in [0.2, 0.25) is 0 Å². The third-order valence-corrected chi connectivity index (χ3v) is 5.02. The van der Waals surface area contributed by atoms with Gasteiger partial charge in [0.25, 0.3) is 10.0 Å². The third kappa shape index (κ3) is 4.30. The fraction of sp³-hybridized carbons (Fsp3) is 0. The monoisotopic (exact) mass is 384 g/mol. The molecule has 130 valence electrons. The third-order valence-electron chi connectivity index (χ3n) is 3.41. The molecule has 0 radical (unpaired) electrons. The average Bonchev–Trinajstić information content (AvgIpc) is 2.64. The number of nitrogens with one attached hydrogen (secondary N) is 2. The van der Waals surface area contributed by atoms with Gasteiger partial charge in [-0.25, -0.2) is 13.4 Å². The largest absolute Gasteiger partial charge is 0.340 e. The van der Waals surface area contributed by atoms with Crippen molar-refractivity contribution in [1.29, 1.82) is 5.26 Å². The van der Waals surface area contributed by atoms with Crippen molar-refractivity contribution in [2.75, 3.05) is 10.0 Å². The second kappa shape index (κ2) is 7.44. The fourth-order valence-electron chi connectivity index (χ4n) is 2.15. The molecule has 0 aliphatic heterocycles. The predicted molar refractivity (Wildman–Crippen MR) is 101 cm³/mol. The maximum absolute atomic E-state index is 12.4. The summed E-state index contributed by atoms with van der Waals surface area (Å²) in [4.78, 5) is 4.26. The second-order valence-corrected chi connectivity index (χ2v) is 7.43. The van der Waals surface area contributed by atoms with Crippen LogP contribution in [-0.4, -0.2) is 13.4 Å². The maximum Gasteiger partial charge on any atom is 0.261 e. The SMILES string of the molecule is N#Cc1ccc(Nc2ccc(NS(=O)(=O)c3cccc(Cl)c3)cn2)cc1. The Morgan fingerprint density at radius 1 is 1.00 bits per heavy atom. The molecule has 0 aliphatic rings. The van der Waals surface area contributed by atoms with E-state index in [4.69, 9.17) is 16.9 Å². The molecule has 0 amide bonds. The molecule has 0 fully saturated rings. The lowest BCUT2D eigenvalue weighted by Gasteiger charge is -2.09. The van der Waals surface area contributed by atoms with Crippen molar-refractivity contribution < 1.29 is 8.42 Å². The van der Waals surface area contributed by atoms with Gasteiger partial charge >= 0.3 is 0 Å². The molecule has 2 aromatic carbocycles. The molecule has 0 spiro atoms. The second-order valence-electron chi connectivity index (χ2n) is 5.31. The minimum atomic E-state index is -3.74. The quantitative estimate of drug-likeness (QED) is 0.689. The van der Waals surface area contributed by atoms with Crippen molar-refractivity contribution in [2.24, 2.45) is 0 Å². The summed E-state index contributed by atoms with van der Waals surface area (Å²) in [6, 6.07) is 18.2. The number of rotatable bonds is 5. The lowest BCUT2D eigenvalue weighted by Crippen LogP contribution is -2.13. The summed E-state index contributed by atoms with van der Waals surface area (Å²) < 4.78 is 27.2. The molecule has 2 N–H and O–H groups in total. The molecule has 0 atom stereocenters. The Bertz CT molecular complexity index is 1060. The molecular weight excluding hydrogens is 372 g/mol. The van der Waals surface area contributed by atoms with Gasteiger partial charge in [-0.1, -0.05) is 17.7 Å². The molecule has 0 unspecified atom stereocenters. The Morgan fingerprint density at radius 2 is 1.73 bits per heavy atom. The van der Waals surface area contributed by atoms with Crippen LogP contribution in [0.25, 0.3) is 0 Å². The Labute approximate surface area is 156 Å². The summed E-state index contributed by atoms with van der Waals surface area (Å²) in [6.07, 6.45) is 1.41. The molecule has 0 saturated carbocycles. The predicted octanol–water partition coefficient (Wildman–Crippen LogP) is 4.15. The molecule has 3 rings (SSSR count). The van der Waals surface area contributed by atoms with E-state index in [9.17, 15) is 8.42 Å². The molecule has 8 heteroatoms. The van der Waals surface area contributed by atoms with E-state index in [1.165, 1.54) is 18.3 Å². The van der Waals surface area contributed by atoms with Gasteiger partial charge in [0.15, 0.2) is 0 Å². The van der Waals surface area contributed by atoms with Crippen LogP contribution >= 0.6 is 11.6 Å². The van der Waals surface area contributed by atoms with Crippen LogP contribution in [0.4, 0.5) is 17.2 Å². The molecular formula is C18H13ClN4O2S. The molecule has 1 heterocycles. The highest BCUT2D eigenvalue weighted by Crippen LogP contribution is 2.21. The van der Waals surface area contributed by atoms with Crippen LogP contribution in [-0.2, 0) is 10.0 Å². The number of aromatic nitrogens is 1. The Hall–Kier alpha value is -3.08. The van der Waals surface area contributed by atoms with Crippen LogP contribution in [0.2, 0.25) is 5.02 Å². The minimum absolute atomic E-state index is 0.0739. The molecule has 0 bridgehead atoms. The summed E-state index contributed by atoms with van der Waals surface area (Å²) in [5, 5.41) is 12.2. The van der Waals surface area contributed by atoms with Crippen molar-refractivity contribution in [3.63, 3.8) is 0 Å². The molecule has 6 nitrogen and oxygen atoms in total. The van der Waals surface area contributed by atoms with Crippen LogP contribution in [0.1, 0.15) is 5.56 Å². The van der Waals surface area contributed by atoms with Crippen LogP contribution in [0, 0.1) is 11.3 Å². The summed E-state index contributed by atoms with van der Waals surface area (Å²) in [5.74, 6) is 0.542. The smallest absolute Gasteiger partial charge is 0.261 e. The lowest BCUT2D eigenvalue weighted by molar-refractivity contribution is 0.601. The van der Waals surface area contributed by atoms with Gasteiger partial charge in [-0.2, -0.15) is 5.26 Å². The van der Waals surface area contributed by atoms with E-state index in [-0.39, 0.29) is 4.90 Å². The summed E-state index contributed by atoms with van der Waals surface area (Å²) >= 11 is 5.84. The van der Waals surface area contributed by atoms with Crippen molar-refractivity contribution in [3.05, 3.63) is 77.4 Å².